The van der Waals surface area contributed by atoms with Crippen LogP contribution in [0.4, 0.5) is 23.7 Å². The topological polar surface area (TPSA) is 78.9 Å². The summed E-state index contributed by atoms with van der Waals surface area (Å²) in [7, 11) is 0. The summed E-state index contributed by atoms with van der Waals surface area (Å²) in [6.07, 6.45) is -3.69. The van der Waals surface area contributed by atoms with Crippen LogP contribution in [-0.2, 0) is 4.79 Å². The molecule has 1 aliphatic rings. The van der Waals surface area contributed by atoms with E-state index in [-0.39, 0.29) is 5.75 Å². The van der Waals surface area contributed by atoms with E-state index in [1.54, 1.807) is 0 Å². The first-order chi connectivity index (χ1) is 11.2. The van der Waals surface area contributed by atoms with E-state index in [1.165, 1.54) is 29.2 Å². The van der Waals surface area contributed by atoms with Crippen molar-refractivity contribution in [1.82, 2.24) is 4.90 Å². The van der Waals surface area contributed by atoms with E-state index >= 15 is 0 Å². The van der Waals surface area contributed by atoms with E-state index in [1.807, 2.05) is 0 Å². The molecular formula is C15H17F3N2O4. The molecule has 0 radical (unpaired) electrons. The predicted octanol–water partition coefficient (Wildman–Crippen LogP) is 2.96. The number of nitrogens with zero attached hydrogens (tertiary/aromatic N) is 1. The van der Waals surface area contributed by atoms with Crippen LogP contribution in [0.15, 0.2) is 24.3 Å². The number of piperidine rings is 1. The molecule has 1 saturated heterocycles. The first-order valence-corrected chi connectivity index (χ1v) is 7.33. The Kier molecular flexibility index (Phi) is 5.53. The van der Waals surface area contributed by atoms with Gasteiger partial charge in [-0.25, -0.2) is 4.79 Å². The molecule has 1 aliphatic heterocycles. The zero-order valence-electron chi connectivity index (χ0n) is 12.7. The van der Waals surface area contributed by atoms with E-state index in [4.69, 9.17) is 5.11 Å². The second kappa shape index (κ2) is 7.41. The van der Waals surface area contributed by atoms with Crippen molar-refractivity contribution in [2.24, 2.45) is 5.92 Å². The molecule has 0 aliphatic carbocycles. The number of hydrogen-bond donors (Lipinski definition) is 2. The van der Waals surface area contributed by atoms with Crippen LogP contribution in [0, 0.1) is 5.92 Å². The SMILES string of the molecule is O=C(O)C1CCN(C(=O)Nc2cccc(OCC(F)(F)F)c2)CC1. The Bertz CT molecular complexity index is 599. The van der Waals surface area contributed by atoms with Crippen molar-refractivity contribution < 1.29 is 32.6 Å². The van der Waals surface area contributed by atoms with Gasteiger partial charge < -0.3 is 20.1 Å². The number of amides is 2. The molecule has 2 rings (SSSR count). The van der Waals surface area contributed by atoms with Gasteiger partial charge in [-0.05, 0) is 25.0 Å². The van der Waals surface area contributed by atoms with Crippen LogP contribution >= 0.6 is 0 Å². The Balaban J connectivity index is 1.89. The van der Waals surface area contributed by atoms with E-state index < -0.39 is 30.7 Å². The van der Waals surface area contributed by atoms with Crippen LogP contribution in [0.2, 0.25) is 0 Å². The standard InChI is InChI=1S/C15H17F3N2O4/c16-15(17,18)9-24-12-3-1-2-11(8-12)19-14(23)20-6-4-10(5-7-20)13(21)22/h1-3,8,10H,4-7,9H2,(H,19,23)(H,21,22). The molecule has 1 aromatic carbocycles. The number of likely N-dealkylation sites (tertiary alicyclic amines) is 1. The maximum atomic E-state index is 12.1. The quantitative estimate of drug-likeness (QED) is 0.879. The summed E-state index contributed by atoms with van der Waals surface area (Å²) in [6.45, 7) is -0.784. The Morgan fingerprint density at radius 1 is 1.29 bits per heavy atom. The van der Waals surface area contributed by atoms with Gasteiger partial charge in [-0.15, -0.1) is 0 Å². The lowest BCUT2D eigenvalue weighted by molar-refractivity contribution is -0.153. The molecule has 0 atom stereocenters. The van der Waals surface area contributed by atoms with Gasteiger partial charge in [0.05, 0.1) is 5.92 Å². The lowest BCUT2D eigenvalue weighted by atomic mass is 9.97. The Labute approximate surface area is 136 Å². The molecule has 2 amide bonds. The number of rotatable bonds is 4. The van der Waals surface area contributed by atoms with Crippen LogP contribution in [0.1, 0.15) is 12.8 Å². The summed E-state index contributed by atoms with van der Waals surface area (Å²) in [5.41, 5.74) is 0.306. The van der Waals surface area contributed by atoms with Crippen molar-refractivity contribution in [2.75, 3.05) is 25.0 Å². The molecule has 0 spiro atoms. The number of carbonyl (C=O) groups excluding carboxylic acids is 1. The highest BCUT2D eigenvalue weighted by Gasteiger charge is 2.29. The molecule has 0 bridgehead atoms. The minimum absolute atomic E-state index is 0.00490. The minimum Gasteiger partial charge on any atom is -0.484 e. The number of ether oxygens (including phenoxy) is 1. The fourth-order valence-electron chi connectivity index (χ4n) is 2.36. The second-order valence-electron chi connectivity index (χ2n) is 5.46. The molecule has 0 saturated carbocycles. The first-order valence-electron chi connectivity index (χ1n) is 7.33. The van der Waals surface area contributed by atoms with E-state index in [9.17, 15) is 22.8 Å². The summed E-state index contributed by atoms with van der Waals surface area (Å²) < 4.78 is 41.0. The van der Waals surface area contributed by atoms with Gasteiger partial charge in [-0.1, -0.05) is 6.07 Å². The number of alkyl halides is 3. The number of nitrogens with one attached hydrogen (secondary N) is 1. The van der Waals surface area contributed by atoms with Crippen molar-refractivity contribution >= 4 is 17.7 Å². The third-order valence-electron chi connectivity index (χ3n) is 3.62. The van der Waals surface area contributed by atoms with Gasteiger partial charge in [0, 0.05) is 24.8 Å². The van der Waals surface area contributed by atoms with Gasteiger partial charge in [0.15, 0.2) is 6.61 Å². The molecule has 9 heteroatoms. The Hall–Kier alpha value is -2.45. The number of benzene rings is 1. The van der Waals surface area contributed by atoms with Crippen LogP contribution in [0.3, 0.4) is 0 Å². The molecule has 132 valence electrons. The number of urea groups is 1. The van der Waals surface area contributed by atoms with Crippen molar-refractivity contribution in [3.8, 4) is 5.75 Å². The Morgan fingerprint density at radius 2 is 1.96 bits per heavy atom. The molecule has 0 aromatic heterocycles. The van der Waals surface area contributed by atoms with Crippen molar-refractivity contribution in [3.63, 3.8) is 0 Å². The summed E-state index contributed by atoms with van der Waals surface area (Å²) in [6, 6.07) is 5.24. The number of aliphatic carboxylic acids is 1. The highest BCUT2D eigenvalue weighted by Crippen LogP contribution is 2.22. The van der Waals surface area contributed by atoms with E-state index in [2.05, 4.69) is 10.1 Å². The molecule has 2 N–H and O–H groups in total. The molecule has 1 heterocycles. The number of hydrogen-bond acceptors (Lipinski definition) is 3. The van der Waals surface area contributed by atoms with Gasteiger partial charge >= 0.3 is 18.2 Å². The number of anilines is 1. The molecule has 1 fully saturated rings. The van der Waals surface area contributed by atoms with Crippen LogP contribution in [0.5, 0.6) is 5.75 Å². The highest BCUT2D eigenvalue weighted by atomic mass is 19.4. The van der Waals surface area contributed by atoms with Crippen molar-refractivity contribution in [2.45, 2.75) is 19.0 Å². The minimum atomic E-state index is -4.44. The monoisotopic (exact) mass is 346 g/mol. The third kappa shape index (κ3) is 5.32. The summed E-state index contributed by atoms with van der Waals surface area (Å²) in [5.74, 6) is -1.33. The maximum Gasteiger partial charge on any atom is 0.422 e. The third-order valence-corrected chi connectivity index (χ3v) is 3.62. The number of halogens is 3. The number of carboxylic acid groups (broad SMARTS) is 1. The van der Waals surface area contributed by atoms with Gasteiger partial charge in [0.2, 0.25) is 0 Å². The van der Waals surface area contributed by atoms with Crippen molar-refractivity contribution in [3.05, 3.63) is 24.3 Å². The van der Waals surface area contributed by atoms with Crippen LogP contribution in [-0.4, -0.2) is 47.9 Å². The van der Waals surface area contributed by atoms with Gasteiger partial charge in [-0.2, -0.15) is 13.2 Å². The summed E-state index contributed by atoms with van der Waals surface area (Å²) in [5, 5.41) is 11.5. The summed E-state index contributed by atoms with van der Waals surface area (Å²) >= 11 is 0. The lowest BCUT2D eigenvalue weighted by Gasteiger charge is -2.30. The molecule has 0 unspecified atom stereocenters. The lowest BCUT2D eigenvalue weighted by Crippen LogP contribution is -2.42. The van der Waals surface area contributed by atoms with E-state index in [0.717, 1.165) is 0 Å². The zero-order valence-corrected chi connectivity index (χ0v) is 12.7. The van der Waals surface area contributed by atoms with Gasteiger partial charge in [-0.3, -0.25) is 4.79 Å². The molecule has 6 nitrogen and oxygen atoms in total. The van der Waals surface area contributed by atoms with Gasteiger partial charge in [0.1, 0.15) is 5.75 Å². The number of carbonyl (C=O) groups is 2. The molecule has 1 aromatic rings. The van der Waals surface area contributed by atoms with Gasteiger partial charge in [0.25, 0.3) is 0 Å². The molecular weight excluding hydrogens is 329 g/mol. The van der Waals surface area contributed by atoms with Crippen LogP contribution in [0.25, 0.3) is 0 Å². The fourth-order valence-corrected chi connectivity index (χ4v) is 2.36. The highest BCUT2D eigenvalue weighted by molar-refractivity contribution is 5.89. The second-order valence-corrected chi connectivity index (χ2v) is 5.46. The predicted molar refractivity (Wildman–Crippen MR) is 78.9 cm³/mol. The van der Waals surface area contributed by atoms with E-state index in [0.29, 0.717) is 31.6 Å². The average Bonchev–Trinajstić information content (AvgIpc) is 2.53. The van der Waals surface area contributed by atoms with Crippen molar-refractivity contribution in [1.29, 1.82) is 0 Å². The fraction of sp³-hybridized carbons (Fsp3) is 0.467. The normalized spacial score (nSPS) is 15.9. The first kappa shape index (κ1) is 17.9. The smallest absolute Gasteiger partial charge is 0.422 e. The Morgan fingerprint density at radius 3 is 2.54 bits per heavy atom. The molecule has 24 heavy (non-hydrogen) atoms. The number of carboxylic acids is 1. The maximum absolute atomic E-state index is 12.1. The van der Waals surface area contributed by atoms with Crippen LogP contribution < -0.4 is 10.1 Å². The zero-order chi connectivity index (χ0) is 17.7. The largest absolute Gasteiger partial charge is 0.484 e. The summed E-state index contributed by atoms with van der Waals surface area (Å²) in [4.78, 5) is 24.5. The average molecular weight is 346 g/mol.